The van der Waals surface area contributed by atoms with Crippen molar-refractivity contribution in [3.05, 3.63) is 130 Å². The van der Waals surface area contributed by atoms with Crippen molar-refractivity contribution in [3.63, 3.8) is 0 Å². The van der Waals surface area contributed by atoms with Gasteiger partial charge in [-0.3, -0.25) is 61.9 Å². The van der Waals surface area contributed by atoms with Gasteiger partial charge in [-0.25, -0.2) is 19.2 Å². The number of hydrogen-bond acceptors (Lipinski definition) is 24. The summed E-state index contributed by atoms with van der Waals surface area (Å²) in [5, 5.41) is 0. The van der Waals surface area contributed by atoms with E-state index in [9.17, 15) is 52.7 Å². The van der Waals surface area contributed by atoms with Crippen molar-refractivity contribution in [1.29, 1.82) is 0 Å². The summed E-state index contributed by atoms with van der Waals surface area (Å²) < 4.78 is 76.7. The average molecular weight is 1180 g/mol. The number of aryl methyl sites for hydroxylation is 4. The maximum atomic E-state index is 14.2. The third kappa shape index (κ3) is 13.7. The van der Waals surface area contributed by atoms with E-state index in [2.05, 4.69) is 19.9 Å². The first kappa shape index (κ1) is 58.3. The zero-order valence-corrected chi connectivity index (χ0v) is 46.1. The van der Waals surface area contributed by atoms with Crippen LogP contribution in [0.15, 0.2) is 63.1 Å². The third-order valence-electron chi connectivity index (χ3n) is 12.9. The van der Waals surface area contributed by atoms with E-state index in [-0.39, 0.29) is 48.1 Å². The van der Waals surface area contributed by atoms with Crippen LogP contribution in [0, 0.1) is 27.7 Å². The predicted octanol–water partition coefficient (Wildman–Crippen LogP) is -0.599. The molecular weight excluding hydrogens is 1130 g/mol. The lowest BCUT2D eigenvalue weighted by atomic mass is 10.1. The number of ether oxygens (including phenoxy) is 4. The second-order valence-corrected chi connectivity index (χ2v) is 26.5. The standard InChI is InChI=1S/C41H55N8O21P3S3/c1-6-24-25(9-31(65-24)47-13-20(3)35(51)43-39(47)55)68-72(59,75)62-17-29-27(11-33(67-29)49-15-22(5)37(53)45-41(49)57)70-73(60,76)63-18-28-26(10-32(66-28)48-14-21(4)36(52)44-40(48)56)69-71(58,74)61-16-23-7-8-30(64-23)46-12-19(2)34(50)42-38(46)54/h12-15,23-33H,6-11,16-18H2,1-5H3,(H,58,74)(H,59,75)(H,60,76)(H,42,50,54)(H,43,51,55)(H,44,52,56)(H,45,53,57)/p-3/t23-,24+,25+,26+,27+,28+,29+,30+,31+,32+,33+,71?,72?,73?/m0/s1. The first-order valence-corrected chi connectivity index (χ1v) is 31.2. The summed E-state index contributed by atoms with van der Waals surface area (Å²) in [6, 6.07) is 0. The van der Waals surface area contributed by atoms with Crippen molar-refractivity contribution in [1.82, 2.24) is 38.2 Å². The maximum absolute atomic E-state index is 14.2. The third-order valence-corrected chi connectivity index (χ3v) is 17.6. The molecule has 4 fully saturated rings. The summed E-state index contributed by atoms with van der Waals surface area (Å²) in [5.41, 5.74) is -4.89. The fourth-order valence-corrected chi connectivity index (χ4v) is 13.3. The lowest BCUT2D eigenvalue weighted by molar-refractivity contribution is -0.219. The van der Waals surface area contributed by atoms with Crippen LogP contribution < -0.4 is 54.8 Å². The van der Waals surface area contributed by atoms with Gasteiger partial charge in [0, 0.05) is 66.3 Å². The molecule has 8 rings (SSSR count). The van der Waals surface area contributed by atoms with Crippen molar-refractivity contribution in [2.75, 3.05) is 19.8 Å². The van der Waals surface area contributed by atoms with Crippen molar-refractivity contribution in [2.24, 2.45) is 0 Å². The van der Waals surface area contributed by atoms with Crippen LogP contribution in [0.4, 0.5) is 0 Å². The number of hydrogen-bond donors (Lipinski definition) is 4. The van der Waals surface area contributed by atoms with Crippen molar-refractivity contribution in [2.45, 2.75) is 141 Å². The highest BCUT2D eigenvalue weighted by Crippen LogP contribution is 2.53. The molecule has 4 aliphatic rings. The minimum Gasteiger partial charge on any atom is -0.780 e. The zero-order chi connectivity index (χ0) is 55.2. The minimum absolute atomic E-state index is 0.0251. The Morgan fingerprint density at radius 3 is 1.28 bits per heavy atom. The highest BCUT2D eigenvalue weighted by Gasteiger charge is 2.44. The molecule has 4 aliphatic heterocycles. The molecule has 76 heavy (non-hydrogen) atoms. The summed E-state index contributed by atoms with van der Waals surface area (Å²) in [6.45, 7) is -7.78. The van der Waals surface area contributed by atoms with Gasteiger partial charge in [0.25, 0.3) is 22.2 Å². The Labute approximate surface area is 443 Å². The summed E-state index contributed by atoms with van der Waals surface area (Å²) in [4.78, 5) is 136. The van der Waals surface area contributed by atoms with E-state index in [4.69, 9.17) is 82.0 Å². The van der Waals surface area contributed by atoms with E-state index < -0.39 is 146 Å². The van der Waals surface area contributed by atoms with Gasteiger partial charge in [0.15, 0.2) is 6.80 Å². The second-order valence-electron chi connectivity index (χ2n) is 18.4. The molecule has 8 heterocycles. The lowest BCUT2D eigenvalue weighted by Crippen LogP contribution is -2.34. The summed E-state index contributed by atoms with van der Waals surface area (Å²) >= 11 is 15.9. The van der Waals surface area contributed by atoms with Gasteiger partial charge in [-0.2, -0.15) is 0 Å². The topological polar surface area (TPSA) is 375 Å². The Hall–Kier alpha value is -3.88. The number of H-pyrrole nitrogens is 4. The Bertz CT molecular complexity index is 3490. The summed E-state index contributed by atoms with van der Waals surface area (Å²) in [7, 11) is 0. The molecule has 4 N–H and O–H groups in total. The molecule has 0 radical (unpaired) electrons. The second kappa shape index (κ2) is 23.4. The van der Waals surface area contributed by atoms with Gasteiger partial charge < -0.3 is 68.1 Å². The minimum atomic E-state index is -4.72. The molecule has 0 aliphatic carbocycles. The maximum Gasteiger partial charge on any atom is 0.330 e. The number of nitrogens with zero attached hydrogens (tertiary/aromatic N) is 4. The van der Waals surface area contributed by atoms with Crippen LogP contribution in [0.3, 0.4) is 0 Å². The number of aromatic amines is 4. The first-order valence-electron chi connectivity index (χ1n) is 23.5. The predicted molar refractivity (Wildman–Crippen MR) is 269 cm³/mol. The molecule has 0 amide bonds. The average Bonchev–Trinajstić information content (AvgIpc) is 4.15. The van der Waals surface area contributed by atoms with Crippen LogP contribution in [-0.2, 0) is 86.5 Å². The fourth-order valence-electron chi connectivity index (χ4n) is 8.92. The van der Waals surface area contributed by atoms with Gasteiger partial charge >= 0.3 is 22.8 Å². The molecule has 4 aromatic rings. The zero-order valence-electron chi connectivity index (χ0n) is 41.0. The molecular formula is C41H52N8O21P3S3-3. The van der Waals surface area contributed by atoms with Crippen LogP contribution >= 0.6 is 20.2 Å². The molecule has 0 aromatic carbocycles. The Balaban J connectivity index is 0.957. The fraction of sp³-hybridized carbons (Fsp3) is 0.610. The molecule has 35 heteroatoms. The molecule has 0 spiro atoms. The lowest BCUT2D eigenvalue weighted by Gasteiger charge is -2.35. The molecule has 0 bridgehead atoms. The number of rotatable bonds is 20. The highest BCUT2D eigenvalue weighted by atomic mass is 32.7. The van der Waals surface area contributed by atoms with Crippen LogP contribution in [0.5, 0.6) is 0 Å². The summed E-state index contributed by atoms with van der Waals surface area (Å²) in [6.07, 6.45) is -6.46. The SMILES string of the molecule is CC[C@H]1O[C@@H](n2cc(C)c(=O)[nH]c2=O)C[C@H]1OP(=O)([S-])OC[C@H]1O[C@@H](n2cc(C)c(=O)[nH]c2=O)C[C@H]1OP([O-])(=S)OC[C@H]1O[C@@H](n2cc(C)c(=O)[nH]c2=O)C[C@H]1OP([O-])(=S)OC[C@@H]1CC[C@H](n2cc(C)c(=O)[nH]c2=O)O1. The van der Waals surface area contributed by atoms with Crippen LogP contribution in [0.2, 0.25) is 0 Å². The monoisotopic (exact) mass is 1180 g/mol. The van der Waals surface area contributed by atoms with Crippen molar-refractivity contribution < 1.29 is 60.4 Å². The molecule has 4 saturated heterocycles. The quantitative estimate of drug-likeness (QED) is 0.0634. The first-order chi connectivity index (χ1) is 35.7. The van der Waals surface area contributed by atoms with E-state index >= 15 is 0 Å². The number of aromatic nitrogens is 8. The van der Waals surface area contributed by atoms with E-state index in [0.717, 1.165) is 9.13 Å². The van der Waals surface area contributed by atoms with Crippen LogP contribution in [0.1, 0.15) is 92.6 Å². The largest absolute Gasteiger partial charge is 0.780 e. The van der Waals surface area contributed by atoms with E-state index in [1.165, 1.54) is 61.6 Å². The van der Waals surface area contributed by atoms with Gasteiger partial charge in [-0.05, 0) is 47.0 Å². The molecule has 29 nitrogen and oxygen atoms in total. The van der Waals surface area contributed by atoms with Gasteiger partial charge in [-0.15, -0.1) is 0 Å². The summed E-state index contributed by atoms with van der Waals surface area (Å²) in [5.74, 6) is 0. The van der Waals surface area contributed by atoms with Crippen LogP contribution in [-0.4, -0.2) is 101 Å². The molecule has 3 unspecified atom stereocenters. The number of nitrogens with one attached hydrogen (secondary N) is 4. The Kier molecular flexibility index (Phi) is 18.0. The molecule has 4 aromatic heterocycles. The smallest absolute Gasteiger partial charge is 0.330 e. The van der Waals surface area contributed by atoms with Gasteiger partial charge in [-0.1, -0.05) is 30.5 Å². The van der Waals surface area contributed by atoms with Gasteiger partial charge in [0.2, 0.25) is 0 Å². The van der Waals surface area contributed by atoms with Crippen LogP contribution in [0.25, 0.3) is 0 Å². The Morgan fingerprint density at radius 1 is 0.539 bits per heavy atom. The Morgan fingerprint density at radius 2 is 0.882 bits per heavy atom. The molecule has 418 valence electrons. The van der Waals surface area contributed by atoms with Gasteiger partial charge in [0.05, 0.1) is 50.3 Å². The normalized spacial score (nSPS) is 29.1. The van der Waals surface area contributed by atoms with Crippen molar-refractivity contribution >= 4 is 56.1 Å². The molecule has 14 atom stereocenters. The molecule has 0 saturated carbocycles. The highest BCUT2D eigenvalue weighted by molar-refractivity contribution is 8.32. The van der Waals surface area contributed by atoms with E-state index in [1.807, 2.05) is 0 Å². The van der Waals surface area contributed by atoms with E-state index in [0.29, 0.717) is 19.3 Å². The van der Waals surface area contributed by atoms with E-state index in [1.54, 1.807) is 6.92 Å². The van der Waals surface area contributed by atoms with Crippen molar-refractivity contribution in [3.8, 4) is 0 Å². The van der Waals surface area contributed by atoms with Gasteiger partial charge in [0.1, 0.15) is 50.6 Å².